The highest BCUT2D eigenvalue weighted by molar-refractivity contribution is 6.32. The van der Waals surface area contributed by atoms with E-state index >= 15 is 0 Å². The zero-order valence-electron chi connectivity index (χ0n) is 11.5. The highest BCUT2D eigenvalue weighted by Gasteiger charge is 2.11. The quantitative estimate of drug-likeness (QED) is 0.754. The molecular weight excluding hydrogens is 328 g/mol. The van der Waals surface area contributed by atoms with Gasteiger partial charge in [0.05, 0.1) is 16.7 Å². The Labute approximate surface area is 134 Å². The number of amides is 1. The van der Waals surface area contributed by atoms with E-state index in [1.54, 1.807) is 24.4 Å². The zero-order chi connectivity index (χ0) is 16.4. The number of rotatable bonds is 4. The van der Waals surface area contributed by atoms with Crippen molar-refractivity contribution in [2.24, 2.45) is 0 Å². The minimum Gasteiger partial charge on any atom is -0.433 e. The van der Waals surface area contributed by atoms with Crippen molar-refractivity contribution < 1.29 is 18.3 Å². The molecule has 0 spiro atoms. The van der Waals surface area contributed by atoms with E-state index in [0.717, 1.165) is 10.9 Å². The van der Waals surface area contributed by atoms with E-state index in [-0.39, 0.29) is 16.7 Å². The molecule has 0 saturated carbocycles. The number of H-pyrrole nitrogens is 1. The number of nitrogens with zero attached hydrogens (tertiary/aromatic N) is 1. The van der Waals surface area contributed by atoms with Crippen molar-refractivity contribution in [2.75, 3.05) is 5.32 Å². The molecule has 0 radical (unpaired) electrons. The molecule has 1 aromatic heterocycles. The minimum atomic E-state index is -2.96. The van der Waals surface area contributed by atoms with Gasteiger partial charge in [-0.2, -0.15) is 13.9 Å². The smallest absolute Gasteiger partial charge is 0.387 e. The summed E-state index contributed by atoms with van der Waals surface area (Å²) in [5, 5.41) is 10.1. The van der Waals surface area contributed by atoms with Crippen molar-refractivity contribution >= 4 is 34.1 Å². The van der Waals surface area contributed by atoms with Crippen LogP contribution in [0.1, 0.15) is 10.4 Å². The molecule has 0 unspecified atom stereocenters. The third-order valence-corrected chi connectivity index (χ3v) is 3.40. The molecule has 0 aliphatic carbocycles. The number of anilines is 1. The van der Waals surface area contributed by atoms with Gasteiger partial charge < -0.3 is 10.1 Å². The van der Waals surface area contributed by atoms with E-state index in [1.807, 2.05) is 0 Å². The Bertz CT molecular complexity index is 867. The van der Waals surface area contributed by atoms with Gasteiger partial charge in [-0.15, -0.1) is 0 Å². The van der Waals surface area contributed by atoms with Crippen molar-refractivity contribution in [1.29, 1.82) is 0 Å². The lowest BCUT2D eigenvalue weighted by Crippen LogP contribution is -2.12. The summed E-state index contributed by atoms with van der Waals surface area (Å²) in [4.78, 5) is 12.2. The number of halogens is 3. The standard InChI is InChI=1S/C15H10ClF2N3O2/c16-11-6-10(2-4-13(11)23-15(17)18)20-14(22)8-1-3-12-9(5-8)7-19-21-12/h1-7,15H,(H,19,21)(H,20,22). The van der Waals surface area contributed by atoms with Gasteiger partial charge in [-0.3, -0.25) is 9.89 Å². The number of hydrogen-bond donors (Lipinski definition) is 2. The minimum absolute atomic E-state index is 0.0200. The van der Waals surface area contributed by atoms with Crippen LogP contribution in [-0.4, -0.2) is 22.7 Å². The number of aromatic nitrogens is 2. The predicted octanol–water partition coefficient (Wildman–Crippen LogP) is 4.07. The molecule has 0 aliphatic rings. The first-order valence-electron chi connectivity index (χ1n) is 6.52. The number of hydrogen-bond acceptors (Lipinski definition) is 3. The number of ether oxygens (including phenoxy) is 1. The second-order valence-electron chi connectivity index (χ2n) is 4.65. The molecule has 2 aromatic carbocycles. The molecule has 3 aromatic rings. The number of benzene rings is 2. The SMILES string of the molecule is O=C(Nc1ccc(OC(F)F)c(Cl)c1)c1ccc2[nH]ncc2c1. The maximum absolute atomic E-state index is 12.2. The van der Waals surface area contributed by atoms with E-state index in [0.29, 0.717) is 11.3 Å². The second-order valence-corrected chi connectivity index (χ2v) is 5.06. The summed E-state index contributed by atoms with van der Waals surface area (Å²) in [6.07, 6.45) is 1.61. The average molecular weight is 338 g/mol. The van der Waals surface area contributed by atoms with Gasteiger partial charge in [-0.05, 0) is 36.4 Å². The fourth-order valence-electron chi connectivity index (χ4n) is 2.06. The molecule has 5 nitrogen and oxygen atoms in total. The van der Waals surface area contributed by atoms with E-state index in [1.165, 1.54) is 18.2 Å². The number of carbonyl (C=O) groups is 1. The summed E-state index contributed by atoms with van der Waals surface area (Å²) >= 11 is 5.84. The van der Waals surface area contributed by atoms with Crippen LogP contribution in [0.15, 0.2) is 42.6 Å². The van der Waals surface area contributed by atoms with Crippen molar-refractivity contribution in [2.45, 2.75) is 6.61 Å². The maximum atomic E-state index is 12.2. The fraction of sp³-hybridized carbons (Fsp3) is 0.0667. The van der Waals surface area contributed by atoms with Gasteiger partial charge in [0.2, 0.25) is 0 Å². The topological polar surface area (TPSA) is 67.0 Å². The first kappa shape index (κ1) is 15.2. The van der Waals surface area contributed by atoms with Crippen LogP contribution in [0.25, 0.3) is 10.9 Å². The van der Waals surface area contributed by atoms with Gasteiger partial charge in [-0.1, -0.05) is 11.6 Å². The molecule has 2 N–H and O–H groups in total. The van der Waals surface area contributed by atoms with Gasteiger partial charge >= 0.3 is 6.61 Å². The Morgan fingerprint density at radius 2 is 2.09 bits per heavy atom. The van der Waals surface area contributed by atoms with Gasteiger partial charge in [0.1, 0.15) is 5.75 Å². The Balaban J connectivity index is 1.78. The summed E-state index contributed by atoms with van der Waals surface area (Å²) < 4.78 is 28.6. The highest BCUT2D eigenvalue weighted by Crippen LogP contribution is 2.29. The molecule has 0 saturated heterocycles. The monoisotopic (exact) mass is 337 g/mol. The van der Waals surface area contributed by atoms with Gasteiger partial charge in [0.15, 0.2) is 0 Å². The van der Waals surface area contributed by atoms with Crippen LogP contribution in [0, 0.1) is 0 Å². The highest BCUT2D eigenvalue weighted by atomic mass is 35.5. The van der Waals surface area contributed by atoms with Crippen LogP contribution in [0.2, 0.25) is 5.02 Å². The van der Waals surface area contributed by atoms with Crippen LogP contribution in [-0.2, 0) is 0 Å². The maximum Gasteiger partial charge on any atom is 0.387 e. The fourth-order valence-corrected chi connectivity index (χ4v) is 2.28. The van der Waals surface area contributed by atoms with Gasteiger partial charge in [0, 0.05) is 16.6 Å². The lowest BCUT2D eigenvalue weighted by atomic mass is 10.1. The number of carbonyl (C=O) groups excluding carboxylic acids is 1. The van der Waals surface area contributed by atoms with E-state index in [2.05, 4.69) is 20.3 Å². The number of nitrogens with one attached hydrogen (secondary N) is 2. The van der Waals surface area contributed by atoms with Crippen LogP contribution < -0.4 is 10.1 Å². The number of aromatic amines is 1. The van der Waals surface area contributed by atoms with Crippen molar-refractivity contribution in [1.82, 2.24) is 10.2 Å². The summed E-state index contributed by atoms with van der Waals surface area (Å²) in [6.45, 7) is -2.96. The Morgan fingerprint density at radius 1 is 1.26 bits per heavy atom. The Morgan fingerprint density at radius 3 is 2.83 bits per heavy atom. The Kier molecular flexibility index (Phi) is 4.12. The van der Waals surface area contributed by atoms with E-state index in [4.69, 9.17) is 11.6 Å². The van der Waals surface area contributed by atoms with Gasteiger partial charge in [0.25, 0.3) is 5.91 Å². The van der Waals surface area contributed by atoms with Crippen molar-refractivity contribution in [3.05, 3.63) is 53.2 Å². The third-order valence-electron chi connectivity index (χ3n) is 3.11. The summed E-state index contributed by atoms with van der Waals surface area (Å²) in [5.41, 5.74) is 1.62. The first-order valence-corrected chi connectivity index (χ1v) is 6.89. The van der Waals surface area contributed by atoms with E-state index < -0.39 is 6.61 Å². The predicted molar refractivity (Wildman–Crippen MR) is 82.1 cm³/mol. The number of alkyl halides is 2. The Hall–Kier alpha value is -2.67. The molecule has 0 fully saturated rings. The molecule has 0 bridgehead atoms. The molecule has 23 heavy (non-hydrogen) atoms. The molecule has 1 heterocycles. The molecule has 0 aliphatic heterocycles. The molecule has 3 rings (SSSR count). The molecule has 0 atom stereocenters. The largest absolute Gasteiger partial charge is 0.433 e. The lowest BCUT2D eigenvalue weighted by molar-refractivity contribution is -0.0497. The summed E-state index contributed by atoms with van der Waals surface area (Å²) in [6, 6.07) is 9.11. The molecule has 1 amide bonds. The van der Waals surface area contributed by atoms with E-state index in [9.17, 15) is 13.6 Å². The van der Waals surface area contributed by atoms with Crippen LogP contribution in [0.4, 0.5) is 14.5 Å². The van der Waals surface area contributed by atoms with Crippen LogP contribution in [0.5, 0.6) is 5.75 Å². The number of fused-ring (bicyclic) bond motifs is 1. The second kappa shape index (κ2) is 6.21. The lowest BCUT2D eigenvalue weighted by Gasteiger charge is -2.09. The van der Waals surface area contributed by atoms with Crippen molar-refractivity contribution in [3.63, 3.8) is 0 Å². The summed E-state index contributed by atoms with van der Waals surface area (Å²) in [7, 11) is 0. The zero-order valence-corrected chi connectivity index (χ0v) is 12.3. The van der Waals surface area contributed by atoms with Crippen LogP contribution in [0.3, 0.4) is 0 Å². The van der Waals surface area contributed by atoms with Crippen molar-refractivity contribution in [3.8, 4) is 5.75 Å². The third kappa shape index (κ3) is 3.40. The normalized spacial score (nSPS) is 11.0. The molecular formula is C15H10ClF2N3O2. The molecule has 8 heteroatoms. The first-order chi connectivity index (χ1) is 11.0. The summed E-state index contributed by atoms with van der Waals surface area (Å²) in [5.74, 6) is -0.508. The van der Waals surface area contributed by atoms with Gasteiger partial charge in [-0.25, -0.2) is 0 Å². The average Bonchev–Trinajstić information content (AvgIpc) is 2.97. The van der Waals surface area contributed by atoms with Crippen LogP contribution >= 0.6 is 11.6 Å². The molecule has 118 valence electrons.